The van der Waals surface area contributed by atoms with E-state index in [2.05, 4.69) is 22.2 Å². The van der Waals surface area contributed by atoms with Gasteiger partial charge in [0.25, 0.3) is 0 Å². The molecule has 0 spiro atoms. The Morgan fingerprint density at radius 2 is 1.92 bits per heavy atom. The summed E-state index contributed by atoms with van der Waals surface area (Å²) in [6, 6.07) is 1.05. The van der Waals surface area contributed by atoms with Gasteiger partial charge in [-0.2, -0.15) is 0 Å². The zero-order chi connectivity index (χ0) is 9.10. The van der Waals surface area contributed by atoms with Crippen molar-refractivity contribution < 1.29 is 0 Å². The average Bonchev–Trinajstić information content (AvgIpc) is 2.76. The number of piperazine rings is 1. The van der Waals surface area contributed by atoms with E-state index in [4.69, 9.17) is 0 Å². The van der Waals surface area contributed by atoms with Crippen molar-refractivity contribution in [2.45, 2.75) is 18.9 Å². The maximum Gasteiger partial charge on any atom is 0.0224 e. The first kappa shape index (κ1) is 9.44. The summed E-state index contributed by atoms with van der Waals surface area (Å²) in [4.78, 5) is 4.86. The van der Waals surface area contributed by atoms with Crippen LogP contribution in [-0.2, 0) is 0 Å². The van der Waals surface area contributed by atoms with Crippen LogP contribution in [0.3, 0.4) is 0 Å². The first-order valence-corrected chi connectivity index (χ1v) is 5.49. The third-order valence-electron chi connectivity index (χ3n) is 3.15. The summed E-state index contributed by atoms with van der Waals surface area (Å²) in [5.74, 6) is 0. The summed E-state index contributed by atoms with van der Waals surface area (Å²) in [5.41, 5.74) is 0. The molecule has 0 radical (unpaired) electrons. The zero-order valence-electron chi connectivity index (χ0n) is 8.63. The number of nitrogens with one attached hydrogen (secondary N) is 1. The van der Waals surface area contributed by atoms with Crippen LogP contribution in [0.15, 0.2) is 0 Å². The molecule has 3 fully saturated rings. The number of likely N-dealkylation sites (N-methyl/N-ethyl adjacent to an activating group) is 1. The highest BCUT2D eigenvalue weighted by Gasteiger charge is 2.37. The molecule has 3 aliphatic heterocycles. The van der Waals surface area contributed by atoms with Gasteiger partial charge in [0.15, 0.2) is 0 Å². The number of hydrogen-bond donors (Lipinski definition) is 1. The van der Waals surface area contributed by atoms with E-state index in [0.29, 0.717) is 0 Å². The van der Waals surface area contributed by atoms with E-state index in [-0.39, 0.29) is 0 Å². The summed E-state index contributed by atoms with van der Waals surface area (Å²) >= 11 is 0. The van der Waals surface area contributed by atoms with Crippen LogP contribution in [0, 0.1) is 0 Å². The monoisotopic (exact) mass is 183 g/mol. The van der Waals surface area contributed by atoms with Crippen LogP contribution >= 0.6 is 0 Å². The van der Waals surface area contributed by atoms with E-state index >= 15 is 0 Å². The minimum absolute atomic E-state index is 1.05. The molecular formula is C10H21N3. The van der Waals surface area contributed by atoms with Gasteiger partial charge in [-0.15, -0.1) is 0 Å². The van der Waals surface area contributed by atoms with Gasteiger partial charge >= 0.3 is 0 Å². The molecule has 0 amide bonds. The summed E-state index contributed by atoms with van der Waals surface area (Å²) < 4.78 is 0. The molecule has 3 aliphatic rings. The Labute approximate surface area is 81.1 Å². The summed E-state index contributed by atoms with van der Waals surface area (Å²) in [7, 11) is 2.15. The molecule has 76 valence electrons. The van der Waals surface area contributed by atoms with Crippen LogP contribution in [0.2, 0.25) is 0 Å². The Kier molecular flexibility index (Phi) is 3.19. The second-order valence-electron chi connectivity index (χ2n) is 4.34. The first-order valence-electron chi connectivity index (χ1n) is 5.49. The summed E-state index contributed by atoms with van der Waals surface area (Å²) in [6.07, 6.45) is 2.95. The molecule has 3 rings (SSSR count). The highest BCUT2D eigenvalue weighted by molar-refractivity contribution is 4.94. The predicted molar refractivity (Wildman–Crippen MR) is 55.0 cm³/mol. The Morgan fingerprint density at radius 3 is 2.15 bits per heavy atom. The van der Waals surface area contributed by atoms with E-state index in [1.54, 1.807) is 0 Å². The van der Waals surface area contributed by atoms with Gasteiger partial charge in [0.05, 0.1) is 0 Å². The van der Waals surface area contributed by atoms with Crippen molar-refractivity contribution in [1.29, 1.82) is 0 Å². The predicted octanol–water partition coefficient (Wildman–Crippen LogP) is -0.0142. The molecule has 3 nitrogen and oxygen atoms in total. The highest BCUT2D eigenvalue weighted by Crippen LogP contribution is 2.28. The van der Waals surface area contributed by atoms with Gasteiger partial charge in [-0.3, -0.25) is 4.90 Å². The van der Waals surface area contributed by atoms with Gasteiger partial charge in [-0.1, -0.05) is 0 Å². The first-order chi connectivity index (χ1) is 6.36. The van der Waals surface area contributed by atoms with Gasteiger partial charge in [0.1, 0.15) is 0 Å². The minimum Gasteiger partial charge on any atom is -0.314 e. The van der Waals surface area contributed by atoms with Crippen molar-refractivity contribution in [3.8, 4) is 0 Å². The van der Waals surface area contributed by atoms with E-state index in [1.165, 1.54) is 39.0 Å². The van der Waals surface area contributed by atoms with Crippen LogP contribution in [0.5, 0.6) is 0 Å². The largest absolute Gasteiger partial charge is 0.314 e. The zero-order valence-corrected chi connectivity index (χ0v) is 8.63. The highest BCUT2D eigenvalue weighted by atomic mass is 15.3. The van der Waals surface area contributed by atoms with Crippen LogP contribution in [0.25, 0.3) is 0 Å². The second-order valence-corrected chi connectivity index (χ2v) is 4.34. The lowest BCUT2D eigenvalue weighted by Gasteiger charge is -2.21. The van der Waals surface area contributed by atoms with E-state index in [9.17, 15) is 0 Å². The van der Waals surface area contributed by atoms with E-state index in [0.717, 1.165) is 19.1 Å². The van der Waals surface area contributed by atoms with Crippen molar-refractivity contribution in [2.24, 2.45) is 0 Å². The maximum atomic E-state index is 3.27. The van der Waals surface area contributed by atoms with Gasteiger partial charge in [0, 0.05) is 38.8 Å². The molecule has 0 aromatic carbocycles. The topological polar surface area (TPSA) is 18.3 Å². The molecule has 3 heteroatoms. The van der Waals surface area contributed by atoms with Crippen molar-refractivity contribution in [3.05, 3.63) is 0 Å². The molecule has 2 unspecified atom stereocenters. The lowest BCUT2D eigenvalue weighted by molar-refractivity contribution is 0.291. The lowest BCUT2D eigenvalue weighted by Crippen LogP contribution is -2.40. The smallest absolute Gasteiger partial charge is 0.0224 e. The fraction of sp³-hybridized carbons (Fsp3) is 1.00. The van der Waals surface area contributed by atoms with Crippen LogP contribution in [0.1, 0.15) is 12.8 Å². The number of piperidine rings is 1. The van der Waals surface area contributed by atoms with Gasteiger partial charge in [-0.25, -0.2) is 0 Å². The molecule has 0 aromatic heterocycles. The standard InChI is InChI=1S/C5H12N2.C5H9N/c1-7-4-2-6-3-5-7;1-2-5-4-6(5)3-1/h6H,2-5H2,1H3;5H,1-4H2. The van der Waals surface area contributed by atoms with Crippen LogP contribution in [-0.4, -0.2) is 62.2 Å². The quantitative estimate of drug-likeness (QED) is 0.533. The Hall–Kier alpha value is -0.120. The van der Waals surface area contributed by atoms with Gasteiger partial charge < -0.3 is 10.2 Å². The van der Waals surface area contributed by atoms with E-state index in [1.807, 2.05) is 0 Å². The van der Waals surface area contributed by atoms with Gasteiger partial charge in [-0.05, 0) is 26.4 Å². The molecular weight excluding hydrogens is 162 g/mol. The third-order valence-corrected chi connectivity index (χ3v) is 3.15. The normalized spacial score (nSPS) is 37.6. The Bertz CT molecular complexity index is 146. The summed E-state index contributed by atoms with van der Waals surface area (Å²) in [6.45, 7) is 7.55. The Morgan fingerprint density at radius 1 is 1.15 bits per heavy atom. The molecule has 0 aliphatic carbocycles. The molecule has 2 atom stereocenters. The lowest BCUT2D eigenvalue weighted by atomic mass is 10.3. The van der Waals surface area contributed by atoms with Crippen LogP contribution in [0.4, 0.5) is 0 Å². The fourth-order valence-corrected chi connectivity index (χ4v) is 2.08. The number of fused-ring (bicyclic) bond motifs is 1. The van der Waals surface area contributed by atoms with Crippen molar-refractivity contribution in [3.63, 3.8) is 0 Å². The minimum atomic E-state index is 1.05. The number of rotatable bonds is 0. The SMILES string of the molecule is C1CC2CN2C1.CN1CCNCC1. The molecule has 0 bridgehead atoms. The fourth-order valence-electron chi connectivity index (χ4n) is 2.08. The Balaban J connectivity index is 0.000000101. The summed E-state index contributed by atoms with van der Waals surface area (Å²) in [5, 5.41) is 3.27. The maximum absolute atomic E-state index is 3.27. The molecule has 13 heavy (non-hydrogen) atoms. The number of nitrogens with zero attached hydrogens (tertiary/aromatic N) is 2. The second kappa shape index (κ2) is 4.40. The van der Waals surface area contributed by atoms with E-state index < -0.39 is 0 Å². The molecule has 0 aromatic rings. The van der Waals surface area contributed by atoms with Crippen molar-refractivity contribution in [1.82, 2.24) is 15.1 Å². The third kappa shape index (κ3) is 2.93. The van der Waals surface area contributed by atoms with Crippen molar-refractivity contribution in [2.75, 3.05) is 46.3 Å². The van der Waals surface area contributed by atoms with Crippen molar-refractivity contribution >= 4 is 0 Å². The molecule has 3 saturated heterocycles. The molecule has 1 N–H and O–H groups in total. The van der Waals surface area contributed by atoms with Gasteiger partial charge in [0.2, 0.25) is 0 Å². The average molecular weight is 183 g/mol. The number of hydrogen-bond acceptors (Lipinski definition) is 3. The molecule has 0 saturated carbocycles. The van der Waals surface area contributed by atoms with Crippen LogP contribution < -0.4 is 5.32 Å². The molecule has 3 heterocycles.